The Bertz CT molecular complexity index is 348. The van der Waals surface area contributed by atoms with Gasteiger partial charge in [-0.25, -0.2) is 0 Å². The van der Waals surface area contributed by atoms with Gasteiger partial charge in [0, 0.05) is 32.7 Å². The summed E-state index contributed by atoms with van der Waals surface area (Å²) in [5.74, 6) is 1.40. The molecule has 138 valence electrons. The van der Waals surface area contributed by atoms with E-state index in [0.717, 1.165) is 18.9 Å². The van der Waals surface area contributed by atoms with Crippen molar-refractivity contribution in [2.24, 2.45) is 10.9 Å². The molecule has 0 aromatic heterocycles. The Morgan fingerprint density at radius 2 is 2.00 bits per heavy atom. The van der Waals surface area contributed by atoms with Crippen molar-refractivity contribution in [2.75, 3.05) is 33.2 Å². The fourth-order valence-electron chi connectivity index (χ4n) is 2.62. The van der Waals surface area contributed by atoms with Gasteiger partial charge in [0.2, 0.25) is 0 Å². The molecule has 8 heteroatoms. The van der Waals surface area contributed by atoms with Crippen LogP contribution in [-0.2, 0) is 0 Å². The standard InChI is InChI=1S/C15H29F3N4.HI/c1-12(2)6-4-5-8-20-14(19-3)21-13-7-9-22(10-13)11-15(16,17)18;/h12-13H,4-11H2,1-3H3,(H2,19,20,21);1H. The van der Waals surface area contributed by atoms with Gasteiger partial charge in [-0.2, -0.15) is 13.2 Å². The lowest BCUT2D eigenvalue weighted by atomic mass is 10.1. The fourth-order valence-corrected chi connectivity index (χ4v) is 2.62. The maximum Gasteiger partial charge on any atom is 0.401 e. The van der Waals surface area contributed by atoms with E-state index < -0.39 is 12.7 Å². The number of nitrogens with zero attached hydrogens (tertiary/aromatic N) is 2. The Morgan fingerprint density at radius 3 is 2.57 bits per heavy atom. The van der Waals surface area contributed by atoms with Crippen molar-refractivity contribution in [1.29, 1.82) is 0 Å². The third-order valence-electron chi connectivity index (χ3n) is 3.74. The van der Waals surface area contributed by atoms with Crippen LogP contribution >= 0.6 is 24.0 Å². The van der Waals surface area contributed by atoms with Crippen LogP contribution in [0.15, 0.2) is 4.99 Å². The van der Waals surface area contributed by atoms with Crippen LogP contribution < -0.4 is 10.6 Å². The number of guanidine groups is 1. The highest BCUT2D eigenvalue weighted by molar-refractivity contribution is 14.0. The third kappa shape index (κ3) is 11.0. The van der Waals surface area contributed by atoms with Crippen molar-refractivity contribution < 1.29 is 13.2 Å². The van der Waals surface area contributed by atoms with E-state index in [1.165, 1.54) is 17.7 Å². The van der Waals surface area contributed by atoms with Gasteiger partial charge in [0.25, 0.3) is 0 Å². The number of nitrogens with one attached hydrogen (secondary N) is 2. The smallest absolute Gasteiger partial charge is 0.356 e. The first-order chi connectivity index (χ1) is 10.3. The second-order valence-electron chi connectivity index (χ2n) is 6.37. The first-order valence-electron chi connectivity index (χ1n) is 8.06. The molecular weight excluding hydrogens is 420 g/mol. The Hall–Kier alpha value is -0.250. The van der Waals surface area contributed by atoms with Gasteiger partial charge >= 0.3 is 6.18 Å². The Kier molecular flexibility index (Phi) is 11.2. The average molecular weight is 450 g/mol. The summed E-state index contributed by atoms with van der Waals surface area (Å²) in [6.45, 7) is 5.31. The van der Waals surface area contributed by atoms with Gasteiger partial charge in [-0.15, -0.1) is 24.0 Å². The molecule has 1 fully saturated rings. The number of aliphatic imine (C=N–C) groups is 1. The molecule has 1 unspecified atom stereocenters. The number of likely N-dealkylation sites (tertiary alicyclic amines) is 1. The molecule has 0 bridgehead atoms. The maximum absolute atomic E-state index is 12.4. The lowest BCUT2D eigenvalue weighted by molar-refractivity contribution is -0.143. The first-order valence-corrected chi connectivity index (χ1v) is 8.06. The van der Waals surface area contributed by atoms with Crippen molar-refractivity contribution in [3.8, 4) is 0 Å². The highest BCUT2D eigenvalue weighted by atomic mass is 127. The summed E-state index contributed by atoms with van der Waals surface area (Å²) >= 11 is 0. The van der Waals surface area contributed by atoms with Crippen molar-refractivity contribution in [3.63, 3.8) is 0 Å². The van der Waals surface area contributed by atoms with Gasteiger partial charge in [-0.1, -0.05) is 26.7 Å². The summed E-state index contributed by atoms with van der Waals surface area (Å²) in [6.07, 6.45) is 0.0479. The van der Waals surface area contributed by atoms with E-state index in [2.05, 4.69) is 29.5 Å². The van der Waals surface area contributed by atoms with Crippen LogP contribution in [0.5, 0.6) is 0 Å². The summed E-state index contributed by atoms with van der Waals surface area (Å²) < 4.78 is 37.1. The quantitative estimate of drug-likeness (QED) is 0.271. The molecule has 1 aliphatic heterocycles. The molecule has 1 heterocycles. The predicted octanol–water partition coefficient (Wildman–Crippen LogP) is 3.23. The van der Waals surface area contributed by atoms with E-state index in [1.54, 1.807) is 7.05 Å². The van der Waals surface area contributed by atoms with Crippen molar-refractivity contribution in [1.82, 2.24) is 15.5 Å². The molecule has 1 saturated heterocycles. The van der Waals surface area contributed by atoms with E-state index in [1.807, 2.05) is 0 Å². The van der Waals surface area contributed by atoms with Crippen LogP contribution in [-0.4, -0.2) is 56.3 Å². The van der Waals surface area contributed by atoms with E-state index in [4.69, 9.17) is 0 Å². The van der Waals surface area contributed by atoms with E-state index >= 15 is 0 Å². The Morgan fingerprint density at radius 1 is 1.30 bits per heavy atom. The lowest BCUT2D eigenvalue weighted by Crippen LogP contribution is -2.45. The fraction of sp³-hybridized carbons (Fsp3) is 0.933. The molecule has 1 aliphatic rings. The topological polar surface area (TPSA) is 39.7 Å². The van der Waals surface area contributed by atoms with Gasteiger partial charge in [0.05, 0.1) is 6.54 Å². The highest BCUT2D eigenvalue weighted by Crippen LogP contribution is 2.19. The molecule has 23 heavy (non-hydrogen) atoms. The van der Waals surface area contributed by atoms with Crippen LogP contribution in [0.2, 0.25) is 0 Å². The molecule has 0 amide bonds. The van der Waals surface area contributed by atoms with Crippen LogP contribution in [0.25, 0.3) is 0 Å². The molecular formula is C15H30F3IN4. The summed E-state index contributed by atoms with van der Waals surface area (Å²) in [5.41, 5.74) is 0. The van der Waals surface area contributed by atoms with Gasteiger partial charge in [0.15, 0.2) is 5.96 Å². The summed E-state index contributed by atoms with van der Waals surface area (Å²) in [4.78, 5) is 5.58. The van der Waals surface area contributed by atoms with E-state index in [0.29, 0.717) is 25.5 Å². The second-order valence-corrected chi connectivity index (χ2v) is 6.37. The minimum absolute atomic E-state index is 0. The number of rotatable bonds is 7. The van der Waals surface area contributed by atoms with Crippen LogP contribution in [0.4, 0.5) is 13.2 Å². The van der Waals surface area contributed by atoms with Gasteiger partial charge in [0.1, 0.15) is 0 Å². The van der Waals surface area contributed by atoms with Crippen molar-refractivity contribution in [3.05, 3.63) is 0 Å². The molecule has 0 saturated carbocycles. The van der Waals surface area contributed by atoms with Gasteiger partial charge < -0.3 is 10.6 Å². The summed E-state index contributed by atoms with van der Waals surface area (Å²) in [6, 6.07) is 0.0317. The molecule has 2 N–H and O–H groups in total. The van der Waals surface area contributed by atoms with Crippen molar-refractivity contribution >= 4 is 29.9 Å². The van der Waals surface area contributed by atoms with Gasteiger partial charge in [-0.05, 0) is 18.8 Å². The molecule has 0 radical (unpaired) electrons. The molecule has 0 aromatic carbocycles. The first kappa shape index (κ1) is 22.8. The molecule has 0 aliphatic carbocycles. The zero-order valence-electron chi connectivity index (χ0n) is 14.2. The molecule has 1 atom stereocenters. The van der Waals surface area contributed by atoms with Crippen molar-refractivity contribution in [2.45, 2.75) is 51.7 Å². The molecule has 0 spiro atoms. The predicted molar refractivity (Wildman–Crippen MR) is 99.5 cm³/mol. The zero-order valence-corrected chi connectivity index (χ0v) is 16.6. The second kappa shape index (κ2) is 11.3. The SMILES string of the molecule is CN=C(NCCCCC(C)C)NC1CCN(CC(F)(F)F)C1.I. The average Bonchev–Trinajstić information content (AvgIpc) is 2.81. The van der Waals surface area contributed by atoms with Gasteiger partial charge in [-0.3, -0.25) is 9.89 Å². The zero-order chi connectivity index (χ0) is 16.6. The largest absolute Gasteiger partial charge is 0.401 e. The number of hydrogen-bond donors (Lipinski definition) is 2. The van der Waals surface area contributed by atoms with Crippen LogP contribution in [0, 0.1) is 5.92 Å². The number of hydrogen-bond acceptors (Lipinski definition) is 2. The Labute approximate surface area is 154 Å². The Balaban J connectivity index is 0.00000484. The summed E-state index contributed by atoms with van der Waals surface area (Å²) in [7, 11) is 1.69. The lowest BCUT2D eigenvalue weighted by Gasteiger charge is -2.19. The van der Waals surface area contributed by atoms with E-state index in [9.17, 15) is 13.2 Å². The number of unbranched alkanes of at least 4 members (excludes halogenated alkanes) is 1. The highest BCUT2D eigenvalue weighted by Gasteiger charge is 2.34. The summed E-state index contributed by atoms with van der Waals surface area (Å²) in [5, 5.41) is 6.44. The molecule has 0 aromatic rings. The minimum Gasteiger partial charge on any atom is -0.356 e. The third-order valence-corrected chi connectivity index (χ3v) is 3.74. The van der Waals surface area contributed by atoms with Crippen LogP contribution in [0.3, 0.4) is 0 Å². The number of halogens is 4. The van der Waals surface area contributed by atoms with E-state index in [-0.39, 0.29) is 30.0 Å². The maximum atomic E-state index is 12.4. The normalized spacial score (nSPS) is 19.8. The van der Waals surface area contributed by atoms with Crippen LogP contribution in [0.1, 0.15) is 39.5 Å². The minimum atomic E-state index is -4.12. The molecule has 1 rings (SSSR count). The number of alkyl halides is 3. The molecule has 4 nitrogen and oxygen atoms in total. The monoisotopic (exact) mass is 450 g/mol.